The van der Waals surface area contributed by atoms with Gasteiger partial charge in [0.25, 0.3) is 0 Å². The number of carbonyl (C=O) groups excluding carboxylic acids is 4. The first-order valence-electron chi connectivity index (χ1n) is 28.3. The van der Waals surface area contributed by atoms with E-state index in [1.54, 1.807) is 14.1 Å². The SMILES string of the molecule is CC(C)(C)N1CCC2(CC1)CNC(=O)C2.CC1(C(N)=O)CCN(C(C)(C)C)CC1.CC1CCCN(C(C)(C)C)CC1.CNC(=O)C1C2CC1CN(C(C)(C)C)C2.CNC(=O)CC1CCN(C(C)(C)C)CC1. The molecule has 5 N–H and O–H groups in total. The minimum Gasteiger partial charge on any atom is -0.369 e. The van der Waals surface area contributed by atoms with Crippen molar-refractivity contribution in [3.05, 3.63) is 0 Å². The summed E-state index contributed by atoms with van der Waals surface area (Å²) >= 11 is 0. The number of nitrogens with zero attached hydrogens (tertiary/aromatic N) is 5. The van der Waals surface area contributed by atoms with Crippen molar-refractivity contribution < 1.29 is 19.2 Å². The third-order valence-electron chi connectivity index (χ3n) is 17.7. The number of piperidine rings is 5. The number of hydrogen-bond acceptors (Lipinski definition) is 9. The molecule has 3 atom stereocenters. The minimum atomic E-state index is -0.276. The van der Waals surface area contributed by atoms with Crippen molar-refractivity contribution in [2.45, 2.75) is 222 Å². The van der Waals surface area contributed by atoms with Crippen LogP contribution >= 0.6 is 0 Å². The van der Waals surface area contributed by atoms with Gasteiger partial charge in [0.2, 0.25) is 23.6 Å². The van der Waals surface area contributed by atoms with E-state index in [1.807, 2.05) is 6.92 Å². The highest BCUT2D eigenvalue weighted by molar-refractivity contribution is 5.81. The molecule has 4 amide bonds. The summed E-state index contributed by atoms with van der Waals surface area (Å²) in [6.07, 6.45) is 13.3. The highest BCUT2D eigenvalue weighted by atomic mass is 16.2. The molecule has 1 aliphatic carbocycles. The fraction of sp³-hybridized carbons (Fsp3) is 0.931. The Morgan fingerprint density at radius 2 is 1.03 bits per heavy atom. The van der Waals surface area contributed by atoms with Crippen LogP contribution in [0, 0.1) is 40.4 Å². The van der Waals surface area contributed by atoms with E-state index in [0.29, 0.717) is 41.0 Å². The average molecular weight is 1000 g/mol. The minimum absolute atomic E-state index is 0.147. The lowest BCUT2D eigenvalue weighted by molar-refractivity contribution is -0.145. The Kier molecular flexibility index (Phi) is 23.0. The van der Waals surface area contributed by atoms with E-state index in [9.17, 15) is 19.2 Å². The zero-order valence-electron chi connectivity index (χ0n) is 49.6. The summed E-state index contributed by atoms with van der Waals surface area (Å²) in [4.78, 5) is 58.0. The van der Waals surface area contributed by atoms with Crippen LogP contribution < -0.4 is 21.7 Å². The smallest absolute Gasteiger partial charge is 0.223 e. The second-order valence-electron chi connectivity index (χ2n) is 28.3. The van der Waals surface area contributed by atoms with E-state index < -0.39 is 0 Å². The third kappa shape index (κ3) is 19.7. The number of rotatable bonds is 4. The van der Waals surface area contributed by atoms with E-state index in [4.69, 9.17) is 5.73 Å². The van der Waals surface area contributed by atoms with Crippen LogP contribution in [0.15, 0.2) is 0 Å². The highest BCUT2D eigenvalue weighted by Crippen LogP contribution is 2.47. The van der Waals surface area contributed by atoms with Gasteiger partial charge in [-0.1, -0.05) is 13.8 Å². The van der Waals surface area contributed by atoms with Crippen LogP contribution in [0.3, 0.4) is 0 Å². The molecule has 71 heavy (non-hydrogen) atoms. The van der Waals surface area contributed by atoms with Gasteiger partial charge in [-0.15, -0.1) is 0 Å². The van der Waals surface area contributed by atoms with Gasteiger partial charge >= 0.3 is 0 Å². The van der Waals surface area contributed by atoms with Gasteiger partial charge in [0, 0.05) is 85.6 Å². The molecule has 13 nitrogen and oxygen atoms in total. The molecule has 3 unspecified atom stereocenters. The Bertz CT molecular complexity index is 1650. The van der Waals surface area contributed by atoms with Gasteiger partial charge in [-0.25, -0.2) is 0 Å². The first-order chi connectivity index (χ1) is 32.5. The molecule has 1 spiro atoms. The molecule has 0 radical (unpaired) electrons. The van der Waals surface area contributed by atoms with Crippen molar-refractivity contribution in [1.82, 2.24) is 40.4 Å². The van der Waals surface area contributed by atoms with Crippen LogP contribution in [0.5, 0.6) is 0 Å². The number of carbonyl (C=O) groups is 4. The van der Waals surface area contributed by atoms with Gasteiger partial charge in [0.15, 0.2) is 0 Å². The van der Waals surface area contributed by atoms with Crippen molar-refractivity contribution in [1.29, 1.82) is 0 Å². The first-order valence-corrected chi connectivity index (χ1v) is 28.3. The second kappa shape index (κ2) is 26.0. The van der Waals surface area contributed by atoms with E-state index in [1.165, 1.54) is 51.6 Å². The lowest BCUT2D eigenvalue weighted by Gasteiger charge is -2.56. The summed E-state index contributed by atoms with van der Waals surface area (Å²) in [6.45, 7) is 50.5. The molecule has 0 aromatic carbocycles. The van der Waals surface area contributed by atoms with Crippen LogP contribution in [-0.2, 0) is 19.2 Å². The largest absolute Gasteiger partial charge is 0.369 e. The molecule has 8 rings (SSSR count). The summed E-state index contributed by atoms with van der Waals surface area (Å²) in [7, 11) is 3.46. The van der Waals surface area contributed by atoms with Crippen LogP contribution in [0.4, 0.5) is 0 Å². The molecular weight excluding hydrogens is 887 g/mol. The average Bonchev–Trinajstić information content (AvgIpc) is 3.46. The Morgan fingerprint density at radius 1 is 0.606 bits per heavy atom. The molecule has 1 saturated carbocycles. The summed E-state index contributed by atoms with van der Waals surface area (Å²) < 4.78 is 0. The topological polar surface area (TPSA) is 147 Å². The molecule has 0 aromatic heterocycles. The molecule has 7 saturated heterocycles. The lowest BCUT2D eigenvalue weighted by atomic mass is 9.60. The number of nitrogens with two attached hydrogens (primary N) is 1. The molecule has 2 bridgehead atoms. The van der Waals surface area contributed by atoms with E-state index in [-0.39, 0.29) is 51.2 Å². The monoisotopic (exact) mass is 1000 g/mol. The zero-order chi connectivity index (χ0) is 54.0. The van der Waals surface area contributed by atoms with Crippen LogP contribution in [0.2, 0.25) is 0 Å². The fourth-order valence-electron chi connectivity index (χ4n) is 11.8. The van der Waals surface area contributed by atoms with Gasteiger partial charge < -0.3 is 21.7 Å². The standard InChI is InChI=1S/2C12H22N2O.C12H24N2O.C11H22N2O.C11H23N/c1-12(2,3)14-6-8-5-9(7-14)10(8)11(15)13-4;1-11(2,3)14-6-4-12(5-7-14)8-10(15)13-9-12;1-12(2,3)14-7-5-10(6-8-14)9-11(15)13-4;1-10(2,3)13-7-5-11(4,6-8-13)9(12)14;1-10-6-5-8-12(9-7-10)11(2,3)4/h8-10H,5-7H2,1-4H3,(H,13,15);4-9H2,1-3H3,(H,13,15);10H,5-9H2,1-4H3,(H,13,15);5-8H2,1-4H3,(H2,12,14);10H,5-9H2,1-4H3. The molecular formula is C58H113N9O4. The summed E-state index contributed by atoms with van der Waals surface area (Å²) in [5, 5.41) is 8.47. The normalized spacial score (nSPS) is 27.0. The van der Waals surface area contributed by atoms with Crippen molar-refractivity contribution in [2.75, 3.05) is 86.1 Å². The highest BCUT2D eigenvalue weighted by Gasteiger charge is 2.51. The molecule has 8 aliphatic rings. The van der Waals surface area contributed by atoms with Gasteiger partial charge in [-0.2, -0.15) is 0 Å². The summed E-state index contributed by atoms with van der Waals surface area (Å²) in [5.74, 6) is 3.57. The molecule has 0 aromatic rings. The summed E-state index contributed by atoms with van der Waals surface area (Å²) in [5.41, 5.74) is 6.81. The van der Waals surface area contributed by atoms with Gasteiger partial charge in [-0.05, 0) is 250 Å². The molecule has 8 fully saturated rings. The van der Waals surface area contributed by atoms with E-state index in [2.05, 4.69) is 151 Å². The Hall–Kier alpha value is -2.32. The number of primary amides is 1. The van der Waals surface area contributed by atoms with Crippen molar-refractivity contribution in [2.24, 2.45) is 46.2 Å². The molecule has 13 heteroatoms. The van der Waals surface area contributed by atoms with Crippen LogP contribution in [0.25, 0.3) is 0 Å². The third-order valence-corrected chi connectivity index (χ3v) is 17.7. The van der Waals surface area contributed by atoms with Crippen LogP contribution in [-0.4, -0.2) is 162 Å². The van der Waals surface area contributed by atoms with Gasteiger partial charge in [-0.3, -0.25) is 43.7 Å². The van der Waals surface area contributed by atoms with Crippen molar-refractivity contribution >= 4 is 23.6 Å². The number of nitrogens with one attached hydrogen (secondary N) is 3. The maximum absolute atomic E-state index is 11.6. The number of likely N-dealkylation sites (tertiary alicyclic amines) is 4. The maximum Gasteiger partial charge on any atom is 0.223 e. The Labute approximate surface area is 436 Å². The van der Waals surface area contributed by atoms with Gasteiger partial charge in [0.1, 0.15) is 0 Å². The quantitative estimate of drug-likeness (QED) is 0.218. The van der Waals surface area contributed by atoms with Gasteiger partial charge in [0.05, 0.1) is 0 Å². The molecule has 7 aliphatic heterocycles. The predicted molar refractivity (Wildman–Crippen MR) is 296 cm³/mol. The lowest BCUT2D eigenvalue weighted by Crippen LogP contribution is -2.62. The second-order valence-corrected chi connectivity index (χ2v) is 28.3. The molecule has 414 valence electrons. The fourth-order valence-corrected chi connectivity index (χ4v) is 11.8. The number of hydrogen-bond donors (Lipinski definition) is 4. The Balaban J connectivity index is 0.000000235. The van der Waals surface area contributed by atoms with Crippen molar-refractivity contribution in [3.8, 4) is 0 Å². The zero-order valence-corrected chi connectivity index (χ0v) is 49.6. The van der Waals surface area contributed by atoms with E-state index in [0.717, 1.165) is 96.9 Å². The van der Waals surface area contributed by atoms with Crippen LogP contribution in [0.1, 0.15) is 195 Å². The number of amides is 4. The van der Waals surface area contributed by atoms with Crippen molar-refractivity contribution in [3.63, 3.8) is 0 Å². The van der Waals surface area contributed by atoms with E-state index >= 15 is 0 Å². The molecule has 7 heterocycles. The first kappa shape index (κ1) is 63.0. The number of fused-ring (bicyclic) bond motifs is 2. The predicted octanol–water partition coefficient (Wildman–Crippen LogP) is 8.40. The summed E-state index contributed by atoms with van der Waals surface area (Å²) in [6, 6.07) is 0. The maximum atomic E-state index is 11.6. The Morgan fingerprint density at radius 3 is 1.42 bits per heavy atom.